The first-order chi connectivity index (χ1) is 11.2. The molecule has 23 heavy (non-hydrogen) atoms. The highest BCUT2D eigenvalue weighted by atomic mass is 32.2. The molecule has 2 aromatic rings. The van der Waals surface area contributed by atoms with E-state index in [0.29, 0.717) is 19.0 Å². The van der Waals surface area contributed by atoms with Gasteiger partial charge < -0.3 is 9.26 Å². The van der Waals surface area contributed by atoms with E-state index < -0.39 is 16.1 Å². The molecule has 2 aliphatic rings. The summed E-state index contributed by atoms with van der Waals surface area (Å²) in [6.45, 7) is 0.955. The van der Waals surface area contributed by atoms with Crippen LogP contribution in [0.4, 0.5) is 0 Å². The predicted octanol–water partition coefficient (Wildman–Crippen LogP) is 1.60. The lowest BCUT2D eigenvalue weighted by Crippen LogP contribution is -2.44. The molecule has 0 N–H and O–H groups in total. The molecule has 0 bridgehead atoms. The van der Waals surface area contributed by atoms with E-state index in [1.165, 1.54) is 4.31 Å². The Balaban J connectivity index is 1.64. The van der Waals surface area contributed by atoms with Gasteiger partial charge in [0.2, 0.25) is 21.7 Å². The Morgan fingerprint density at radius 2 is 1.96 bits per heavy atom. The summed E-state index contributed by atoms with van der Waals surface area (Å²) in [5.74, 6) is 0.739. The van der Waals surface area contributed by atoms with Gasteiger partial charge in [-0.2, -0.15) is 9.29 Å². The van der Waals surface area contributed by atoms with E-state index in [2.05, 4.69) is 10.1 Å². The number of ether oxygens (including phenoxy) is 1. The molecule has 1 saturated carbocycles. The van der Waals surface area contributed by atoms with E-state index in [4.69, 9.17) is 9.26 Å². The molecule has 1 unspecified atom stereocenters. The molecule has 1 saturated heterocycles. The smallest absolute Gasteiger partial charge is 0.247 e. The van der Waals surface area contributed by atoms with Crippen molar-refractivity contribution in [2.24, 2.45) is 0 Å². The summed E-state index contributed by atoms with van der Waals surface area (Å²) >= 11 is 0. The quantitative estimate of drug-likeness (QED) is 0.844. The average Bonchev–Trinajstić information content (AvgIpc) is 3.34. The molecule has 122 valence electrons. The first-order valence-electron chi connectivity index (χ1n) is 7.64. The monoisotopic (exact) mass is 335 g/mol. The normalized spacial score (nSPS) is 23.0. The van der Waals surface area contributed by atoms with Gasteiger partial charge >= 0.3 is 0 Å². The first kappa shape index (κ1) is 14.8. The molecule has 0 spiro atoms. The highest BCUT2D eigenvalue weighted by Crippen LogP contribution is 2.36. The third kappa shape index (κ3) is 2.77. The number of aromatic nitrogens is 2. The molecule has 1 aromatic carbocycles. The van der Waals surface area contributed by atoms with Gasteiger partial charge in [-0.1, -0.05) is 35.5 Å². The topological polar surface area (TPSA) is 85.5 Å². The molecule has 1 aliphatic heterocycles. The van der Waals surface area contributed by atoms with Gasteiger partial charge in [0.25, 0.3) is 0 Å². The minimum atomic E-state index is -3.32. The van der Waals surface area contributed by atoms with Crippen molar-refractivity contribution in [2.75, 3.05) is 19.8 Å². The fourth-order valence-electron chi connectivity index (χ4n) is 2.72. The maximum absolute atomic E-state index is 12.6. The number of hydrogen-bond donors (Lipinski definition) is 0. The lowest BCUT2D eigenvalue weighted by Gasteiger charge is -2.32. The van der Waals surface area contributed by atoms with Crippen LogP contribution in [0.25, 0.3) is 11.4 Å². The second-order valence-electron chi connectivity index (χ2n) is 5.77. The molecule has 1 aromatic heterocycles. The van der Waals surface area contributed by atoms with Crippen LogP contribution >= 0.6 is 0 Å². The third-order valence-electron chi connectivity index (χ3n) is 4.11. The van der Waals surface area contributed by atoms with Crippen LogP contribution in [0, 0.1) is 0 Å². The van der Waals surface area contributed by atoms with Crippen LogP contribution in [-0.2, 0) is 14.8 Å². The Bertz CT molecular complexity index is 786. The minimum absolute atomic E-state index is 0.238. The average molecular weight is 335 g/mol. The van der Waals surface area contributed by atoms with E-state index >= 15 is 0 Å². The van der Waals surface area contributed by atoms with Crippen LogP contribution in [0.3, 0.4) is 0 Å². The highest BCUT2D eigenvalue weighted by molar-refractivity contribution is 7.90. The van der Waals surface area contributed by atoms with Crippen LogP contribution in [-0.4, -0.2) is 47.9 Å². The number of nitrogens with zero attached hydrogens (tertiary/aromatic N) is 3. The maximum Gasteiger partial charge on any atom is 0.247 e. The van der Waals surface area contributed by atoms with Gasteiger partial charge in [0.1, 0.15) is 6.04 Å². The number of sulfonamides is 1. The fraction of sp³-hybridized carbons (Fsp3) is 0.467. The van der Waals surface area contributed by atoms with Crippen molar-refractivity contribution in [3.05, 3.63) is 36.2 Å². The SMILES string of the molecule is O=S(=O)(C1CC1)N1CCOCC1c1nc(-c2ccccc2)no1. The zero-order valence-corrected chi connectivity index (χ0v) is 13.3. The van der Waals surface area contributed by atoms with Crippen molar-refractivity contribution in [1.82, 2.24) is 14.4 Å². The molecule has 2 fully saturated rings. The molecule has 2 heterocycles. The van der Waals surface area contributed by atoms with Crippen molar-refractivity contribution >= 4 is 10.0 Å². The van der Waals surface area contributed by atoms with Crippen molar-refractivity contribution in [1.29, 1.82) is 0 Å². The zero-order valence-electron chi connectivity index (χ0n) is 12.5. The molecule has 1 atom stereocenters. The Kier molecular flexibility index (Phi) is 3.67. The molecule has 0 radical (unpaired) electrons. The lowest BCUT2D eigenvalue weighted by molar-refractivity contribution is 0.0202. The minimum Gasteiger partial charge on any atom is -0.378 e. The summed E-state index contributed by atoms with van der Waals surface area (Å²) in [5, 5.41) is 3.71. The zero-order chi connectivity index (χ0) is 15.9. The summed E-state index contributed by atoms with van der Waals surface area (Å²) in [7, 11) is -3.32. The Hall–Kier alpha value is -1.77. The molecule has 1 aliphatic carbocycles. The van der Waals surface area contributed by atoms with Crippen LogP contribution in [0.15, 0.2) is 34.9 Å². The van der Waals surface area contributed by atoms with Crippen molar-refractivity contribution in [2.45, 2.75) is 24.1 Å². The van der Waals surface area contributed by atoms with Crippen molar-refractivity contribution < 1.29 is 17.7 Å². The summed E-state index contributed by atoms with van der Waals surface area (Å²) < 4.78 is 37.4. The van der Waals surface area contributed by atoms with E-state index in [9.17, 15) is 8.42 Å². The van der Waals surface area contributed by atoms with E-state index in [1.807, 2.05) is 30.3 Å². The highest BCUT2D eigenvalue weighted by Gasteiger charge is 2.45. The van der Waals surface area contributed by atoms with Gasteiger partial charge in [-0.05, 0) is 12.8 Å². The summed E-state index contributed by atoms with van der Waals surface area (Å²) in [4.78, 5) is 4.38. The van der Waals surface area contributed by atoms with Gasteiger partial charge in [0.15, 0.2) is 0 Å². The van der Waals surface area contributed by atoms with Crippen LogP contribution in [0.5, 0.6) is 0 Å². The molecular formula is C15H17N3O4S. The molecular weight excluding hydrogens is 318 g/mol. The molecule has 8 heteroatoms. The Morgan fingerprint density at radius 1 is 1.17 bits per heavy atom. The standard InChI is InChI=1S/C15H17N3O4S/c19-23(20,12-6-7-12)18-8-9-21-10-13(18)15-16-14(17-22-15)11-4-2-1-3-5-11/h1-5,12-13H,6-10H2. The van der Waals surface area contributed by atoms with Gasteiger partial charge in [-0.3, -0.25) is 0 Å². The van der Waals surface area contributed by atoms with E-state index in [0.717, 1.165) is 18.4 Å². The third-order valence-corrected chi connectivity index (χ3v) is 6.52. The first-order valence-corrected chi connectivity index (χ1v) is 9.14. The molecule has 7 nitrogen and oxygen atoms in total. The van der Waals surface area contributed by atoms with Crippen LogP contribution < -0.4 is 0 Å². The van der Waals surface area contributed by atoms with Gasteiger partial charge in [-0.25, -0.2) is 8.42 Å². The van der Waals surface area contributed by atoms with Gasteiger partial charge in [-0.15, -0.1) is 0 Å². The second kappa shape index (κ2) is 5.70. The maximum atomic E-state index is 12.6. The van der Waals surface area contributed by atoms with Crippen LogP contribution in [0.1, 0.15) is 24.8 Å². The number of morpholine rings is 1. The predicted molar refractivity (Wildman–Crippen MR) is 81.9 cm³/mol. The second-order valence-corrected chi connectivity index (χ2v) is 7.93. The van der Waals surface area contributed by atoms with Crippen molar-refractivity contribution in [3.63, 3.8) is 0 Å². The van der Waals surface area contributed by atoms with Crippen molar-refractivity contribution in [3.8, 4) is 11.4 Å². The lowest BCUT2D eigenvalue weighted by atomic mass is 10.2. The Labute approximate surface area is 134 Å². The van der Waals surface area contributed by atoms with E-state index in [-0.39, 0.29) is 17.7 Å². The Morgan fingerprint density at radius 3 is 2.70 bits per heavy atom. The van der Waals surface area contributed by atoms with Crippen LogP contribution in [0.2, 0.25) is 0 Å². The fourth-order valence-corrected chi connectivity index (χ4v) is 4.67. The number of hydrogen-bond acceptors (Lipinski definition) is 6. The van der Waals surface area contributed by atoms with E-state index in [1.54, 1.807) is 0 Å². The summed E-state index contributed by atoms with van der Waals surface area (Å²) in [5.41, 5.74) is 0.829. The summed E-state index contributed by atoms with van der Waals surface area (Å²) in [6, 6.07) is 8.90. The summed E-state index contributed by atoms with van der Waals surface area (Å²) in [6.07, 6.45) is 1.46. The number of rotatable bonds is 4. The van der Waals surface area contributed by atoms with Gasteiger partial charge in [0.05, 0.1) is 18.5 Å². The number of benzene rings is 1. The molecule has 4 rings (SSSR count). The van der Waals surface area contributed by atoms with Gasteiger partial charge in [0, 0.05) is 12.1 Å². The largest absolute Gasteiger partial charge is 0.378 e. The molecule has 0 amide bonds.